The summed E-state index contributed by atoms with van der Waals surface area (Å²) in [5.74, 6) is -0.485. The van der Waals surface area contributed by atoms with E-state index in [1.807, 2.05) is 0 Å². The molecule has 126 valence electrons. The molecule has 0 spiro atoms. The van der Waals surface area contributed by atoms with E-state index in [0.717, 1.165) is 19.3 Å². The molecular weight excluding hydrogens is 284 g/mol. The summed E-state index contributed by atoms with van der Waals surface area (Å²) in [6.45, 7) is 3.60. The Balaban J connectivity index is 2.93. The number of unbranched alkanes of at least 4 members (excludes halogenated alkanes) is 1. The Hall–Kier alpha value is -1.79. The van der Waals surface area contributed by atoms with E-state index in [0.29, 0.717) is 12.8 Å². The zero-order valence-corrected chi connectivity index (χ0v) is 13.7. The Morgan fingerprint density at radius 1 is 1.36 bits per heavy atom. The van der Waals surface area contributed by atoms with Gasteiger partial charge in [0.1, 0.15) is 0 Å². The molecule has 1 aliphatic carbocycles. The number of amides is 1. The van der Waals surface area contributed by atoms with Crippen molar-refractivity contribution >= 4 is 17.8 Å². The largest absolute Gasteiger partial charge is 0.469 e. The number of nitrogens with two attached hydrogens (primary N) is 2. The molecule has 7 nitrogen and oxygen atoms in total. The van der Waals surface area contributed by atoms with Crippen molar-refractivity contribution in [2.24, 2.45) is 28.3 Å². The number of carbonyl (C=O) groups excluding carboxylic acids is 2. The van der Waals surface area contributed by atoms with Gasteiger partial charge in [-0.05, 0) is 19.3 Å². The fraction of sp³-hybridized carbons (Fsp3) is 0.800. The molecule has 7 heteroatoms. The fourth-order valence-corrected chi connectivity index (χ4v) is 3.26. The van der Waals surface area contributed by atoms with Crippen molar-refractivity contribution in [2.45, 2.75) is 58.0 Å². The molecule has 22 heavy (non-hydrogen) atoms. The highest BCUT2D eigenvalue weighted by atomic mass is 16.5. The Morgan fingerprint density at radius 3 is 2.55 bits per heavy atom. The molecule has 0 aliphatic heterocycles. The summed E-state index contributed by atoms with van der Waals surface area (Å²) in [5, 5.41) is 3.00. The first kappa shape index (κ1) is 18.3. The van der Waals surface area contributed by atoms with Crippen molar-refractivity contribution in [1.29, 1.82) is 0 Å². The molecule has 4 atom stereocenters. The summed E-state index contributed by atoms with van der Waals surface area (Å²) < 4.78 is 4.84. The van der Waals surface area contributed by atoms with Gasteiger partial charge in [-0.15, -0.1) is 0 Å². The molecule has 1 amide bonds. The summed E-state index contributed by atoms with van der Waals surface area (Å²) in [5.41, 5.74) is 11.0. The molecule has 0 radical (unpaired) electrons. The first-order chi connectivity index (χ1) is 10.4. The molecule has 0 unspecified atom stereocenters. The highest BCUT2D eigenvalue weighted by Crippen LogP contribution is 2.37. The predicted octanol–water partition coefficient (Wildman–Crippen LogP) is 0.523. The monoisotopic (exact) mass is 312 g/mol. The van der Waals surface area contributed by atoms with Gasteiger partial charge in [-0.25, -0.2) is 4.99 Å². The van der Waals surface area contributed by atoms with E-state index in [1.54, 1.807) is 0 Å². The number of rotatable bonds is 7. The van der Waals surface area contributed by atoms with Crippen LogP contribution in [0.2, 0.25) is 0 Å². The maximum absolute atomic E-state index is 11.8. The second-order valence-electron chi connectivity index (χ2n) is 5.93. The van der Waals surface area contributed by atoms with Crippen LogP contribution in [0, 0.1) is 11.8 Å². The van der Waals surface area contributed by atoms with Crippen molar-refractivity contribution in [2.75, 3.05) is 7.11 Å². The van der Waals surface area contributed by atoms with Gasteiger partial charge in [0, 0.05) is 18.9 Å². The van der Waals surface area contributed by atoms with Gasteiger partial charge in [-0.2, -0.15) is 0 Å². The maximum atomic E-state index is 11.8. The summed E-state index contributed by atoms with van der Waals surface area (Å²) in [7, 11) is 1.38. The van der Waals surface area contributed by atoms with Gasteiger partial charge in [0.15, 0.2) is 5.96 Å². The Morgan fingerprint density at radius 2 is 2.05 bits per heavy atom. The van der Waals surface area contributed by atoms with Gasteiger partial charge in [-0.3, -0.25) is 9.59 Å². The van der Waals surface area contributed by atoms with Gasteiger partial charge in [0.2, 0.25) is 5.91 Å². The minimum absolute atomic E-state index is 0.0117. The van der Waals surface area contributed by atoms with Crippen LogP contribution < -0.4 is 16.8 Å². The zero-order valence-electron chi connectivity index (χ0n) is 13.7. The zero-order chi connectivity index (χ0) is 16.7. The Kier molecular flexibility index (Phi) is 7.14. The number of methoxy groups -OCH3 is 1. The molecule has 1 aliphatic rings. The van der Waals surface area contributed by atoms with Crippen LogP contribution in [0.5, 0.6) is 0 Å². The third kappa shape index (κ3) is 5.20. The number of esters is 1. The molecule has 1 saturated carbocycles. The topological polar surface area (TPSA) is 120 Å². The van der Waals surface area contributed by atoms with Crippen LogP contribution in [-0.4, -0.2) is 37.0 Å². The molecule has 5 N–H and O–H groups in total. The van der Waals surface area contributed by atoms with Gasteiger partial charge >= 0.3 is 5.97 Å². The Labute approximate surface area is 131 Å². The van der Waals surface area contributed by atoms with Gasteiger partial charge in [0.25, 0.3) is 0 Å². The lowest BCUT2D eigenvalue weighted by Crippen LogP contribution is -2.42. The van der Waals surface area contributed by atoms with Crippen LogP contribution in [0.15, 0.2) is 4.99 Å². The summed E-state index contributed by atoms with van der Waals surface area (Å²) in [4.78, 5) is 27.6. The molecule has 0 saturated heterocycles. The lowest BCUT2D eigenvalue weighted by molar-refractivity contribution is -0.145. The van der Waals surface area contributed by atoms with E-state index >= 15 is 0 Å². The highest BCUT2D eigenvalue weighted by molar-refractivity contribution is 5.77. The van der Waals surface area contributed by atoms with E-state index < -0.39 is 0 Å². The first-order valence-electron chi connectivity index (χ1n) is 7.82. The summed E-state index contributed by atoms with van der Waals surface area (Å²) in [6.07, 6.45) is 4.07. The number of nitrogens with zero attached hydrogens (tertiary/aromatic N) is 1. The van der Waals surface area contributed by atoms with Gasteiger partial charge < -0.3 is 21.5 Å². The third-order valence-corrected chi connectivity index (χ3v) is 4.20. The van der Waals surface area contributed by atoms with Gasteiger partial charge in [-0.1, -0.05) is 19.8 Å². The standard InChI is InChI=1S/C15H28N4O3/c1-4-5-6-12(18-9(2)20)11-7-10(14(21)22-3)8-13(11)19-15(16)17/h10-13H,4-8H2,1-3H3,(H,18,20)(H4,16,17,19)/t10-,11-,12-,13+/m0/s1. The van der Waals surface area contributed by atoms with E-state index in [4.69, 9.17) is 16.2 Å². The second-order valence-corrected chi connectivity index (χ2v) is 5.93. The van der Waals surface area contributed by atoms with E-state index in [1.165, 1.54) is 14.0 Å². The maximum Gasteiger partial charge on any atom is 0.308 e. The summed E-state index contributed by atoms with van der Waals surface area (Å²) >= 11 is 0. The highest BCUT2D eigenvalue weighted by Gasteiger charge is 2.42. The van der Waals surface area contributed by atoms with Crippen molar-refractivity contribution in [1.82, 2.24) is 5.32 Å². The summed E-state index contributed by atoms with van der Waals surface area (Å²) in [6, 6.07) is -0.192. The molecule has 0 aromatic heterocycles. The molecule has 1 rings (SSSR count). The average molecular weight is 312 g/mol. The fourth-order valence-electron chi connectivity index (χ4n) is 3.26. The molecule has 0 heterocycles. The third-order valence-electron chi connectivity index (χ3n) is 4.20. The van der Waals surface area contributed by atoms with E-state index in [2.05, 4.69) is 17.2 Å². The van der Waals surface area contributed by atoms with Crippen molar-refractivity contribution in [3.8, 4) is 0 Å². The molecule has 0 bridgehead atoms. The minimum Gasteiger partial charge on any atom is -0.469 e. The number of guanidine groups is 1. The smallest absolute Gasteiger partial charge is 0.308 e. The molecular formula is C15H28N4O3. The van der Waals surface area contributed by atoms with Crippen LogP contribution in [0.3, 0.4) is 0 Å². The average Bonchev–Trinajstić information content (AvgIpc) is 2.85. The van der Waals surface area contributed by atoms with E-state index in [-0.39, 0.29) is 41.8 Å². The molecule has 0 aromatic rings. The van der Waals surface area contributed by atoms with Crippen molar-refractivity contribution in [3.05, 3.63) is 0 Å². The lowest BCUT2D eigenvalue weighted by atomic mass is 9.90. The van der Waals surface area contributed by atoms with Crippen LogP contribution in [0.25, 0.3) is 0 Å². The van der Waals surface area contributed by atoms with Crippen LogP contribution in [-0.2, 0) is 14.3 Å². The SMILES string of the molecule is CCCC[C@H](NC(C)=O)[C@@H]1C[C@H](C(=O)OC)C[C@H]1N=C(N)N. The quantitative estimate of drug-likeness (QED) is 0.360. The van der Waals surface area contributed by atoms with Crippen LogP contribution >= 0.6 is 0 Å². The van der Waals surface area contributed by atoms with Crippen LogP contribution in [0.1, 0.15) is 46.0 Å². The predicted molar refractivity (Wildman–Crippen MR) is 85.0 cm³/mol. The Bertz CT molecular complexity index is 421. The number of nitrogens with one attached hydrogen (secondary N) is 1. The minimum atomic E-state index is -0.240. The van der Waals surface area contributed by atoms with Crippen LogP contribution in [0.4, 0.5) is 0 Å². The molecule has 0 aromatic carbocycles. The lowest BCUT2D eigenvalue weighted by Gasteiger charge is -2.27. The first-order valence-corrected chi connectivity index (χ1v) is 7.82. The number of carbonyl (C=O) groups is 2. The van der Waals surface area contributed by atoms with Gasteiger partial charge in [0.05, 0.1) is 19.1 Å². The van der Waals surface area contributed by atoms with Crippen molar-refractivity contribution in [3.63, 3.8) is 0 Å². The number of ether oxygens (including phenoxy) is 1. The second kappa shape index (κ2) is 8.60. The van der Waals surface area contributed by atoms with E-state index in [9.17, 15) is 9.59 Å². The number of hydrogen-bond acceptors (Lipinski definition) is 4. The molecule has 1 fully saturated rings. The van der Waals surface area contributed by atoms with Crippen molar-refractivity contribution < 1.29 is 14.3 Å². The number of aliphatic imine (C=N–C) groups is 1. The normalized spacial score (nSPS) is 25.3. The number of hydrogen-bond donors (Lipinski definition) is 3.